The van der Waals surface area contributed by atoms with E-state index in [0.29, 0.717) is 16.4 Å². The van der Waals surface area contributed by atoms with Crippen LogP contribution in [0.1, 0.15) is 51.2 Å². The fraction of sp³-hybridized carbons (Fsp3) is 0.421. The molecule has 0 atom stereocenters. The van der Waals surface area contributed by atoms with Crippen molar-refractivity contribution in [2.24, 2.45) is 5.41 Å². The van der Waals surface area contributed by atoms with Crippen LogP contribution in [0.3, 0.4) is 0 Å². The van der Waals surface area contributed by atoms with Gasteiger partial charge in [0.25, 0.3) is 0 Å². The van der Waals surface area contributed by atoms with Crippen LogP contribution >= 0.6 is 0 Å². The van der Waals surface area contributed by atoms with E-state index in [1.807, 2.05) is 25.1 Å². The number of benzene rings is 1. The fourth-order valence-electron chi connectivity index (χ4n) is 3.04. The minimum absolute atomic E-state index is 0.185. The highest BCUT2D eigenvalue weighted by Crippen LogP contribution is 2.39. The summed E-state index contributed by atoms with van der Waals surface area (Å²) in [6, 6.07) is 5.64. The number of nitrogens with one attached hydrogen (secondary N) is 1. The zero-order chi connectivity index (χ0) is 15.9. The number of phenolic OH excluding ortho intramolecular Hbond substituents is 1. The van der Waals surface area contributed by atoms with Gasteiger partial charge in [-0.3, -0.25) is 5.41 Å². The minimum Gasteiger partial charge on any atom is -0.507 e. The van der Waals surface area contributed by atoms with Gasteiger partial charge in [0.1, 0.15) is 11.3 Å². The molecule has 0 bridgehead atoms. The summed E-state index contributed by atoms with van der Waals surface area (Å²) < 4.78 is 5.62. The van der Waals surface area contributed by atoms with Gasteiger partial charge < -0.3 is 9.52 Å². The molecule has 22 heavy (non-hydrogen) atoms. The molecule has 1 aromatic carbocycles. The second kappa shape index (κ2) is 5.31. The normalized spacial score (nSPS) is 17.5. The summed E-state index contributed by atoms with van der Waals surface area (Å²) in [4.78, 5) is 0. The minimum atomic E-state index is 0.185. The van der Waals surface area contributed by atoms with Gasteiger partial charge in [-0.2, -0.15) is 0 Å². The van der Waals surface area contributed by atoms with Crippen LogP contribution in [0.5, 0.6) is 5.75 Å². The number of aromatic hydroxyl groups is 1. The molecule has 0 radical (unpaired) electrons. The van der Waals surface area contributed by atoms with Crippen molar-refractivity contribution in [3.05, 3.63) is 41.0 Å². The van der Waals surface area contributed by atoms with Crippen molar-refractivity contribution in [2.45, 2.75) is 46.5 Å². The van der Waals surface area contributed by atoms with Crippen LogP contribution in [0.2, 0.25) is 0 Å². The van der Waals surface area contributed by atoms with E-state index in [-0.39, 0.29) is 11.3 Å². The number of phenols is 1. The fourth-order valence-corrected chi connectivity index (χ4v) is 3.04. The number of hydrogen-bond acceptors (Lipinski definition) is 3. The van der Waals surface area contributed by atoms with Crippen molar-refractivity contribution < 1.29 is 9.52 Å². The lowest BCUT2D eigenvalue weighted by Gasteiger charge is -2.28. The van der Waals surface area contributed by atoms with Gasteiger partial charge >= 0.3 is 0 Å². The number of rotatable bonds is 2. The molecule has 0 amide bonds. The zero-order valence-corrected chi connectivity index (χ0v) is 13.5. The first-order valence-electron chi connectivity index (χ1n) is 7.93. The van der Waals surface area contributed by atoms with Crippen LogP contribution in [0.25, 0.3) is 16.5 Å². The van der Waals surface area contributed by atoms with Crippen molar-refractivity contribution in [1.82, 2.24) is 0 Å². The Labute approximate surface area is 130 Å². The third kappa shape index (κ3) is 2.68. The Hall–Kier alpha value is -2.03. The maximum absolute atomic E-state index is 10.3. The largest absolute Gasteiger partial charge is 0.507 e. The Morgan fingerprint density at radius 1 is 1.27 bits per heavy atom. The van der Waals surface area contributed by atoms with E-state index in [1.165, 1.54) is 5.57 Å². The zero-order valence-electron chi connectivity index (χ0n) is 13.5. The van der Waals surface area contributed by atoms with Gasteiger partial charge in [0.15, 0.2) is 0 Å². The molecule has 0 saturated heterocycles. The van der Waals surface area contributed by atoms with Crippen molar-refractivity contribution in [1.29, 1.82) is 5.41 Å². The molecule has 1 aromatic heterocycles. The number of fused-ring (bicyclic) bond motifs is 1. The van der Waals surface area contributed by atoms with E-state index >= 15 is 0 Å². The Bertz CT molecular complexity index is 812. The highest BCUT2D eigenvalue weighted by atomic mass is 16.3. The number of allylic oxidation sites excluding steroid dienone is 2. The molecule has 3 heteroatoms. The maximum Gasteiger partial charge on any atom is 0.215 e. The molecule has 3 rings (SSSR count). The first-order chi connectivity index (χ1) is 10.4. The van der Waals surface area contributed by atoms with E-state index < -0.39 is 0 Å². The molecule has 0 saturated carbocycles. The van der Waals surface area contributed by atoms with E-state index in [4.69, 9.17) is 9.83 Å². The topological polar surface area (TPSA) is 57.2 Å². The lowest BCUT2D eigenvalue weighted by molar-refractivity contribution is 0.335. The standard InChI is InChI=1S/C19H23NO2/c1-4-12-9-15-16(21)10-14(11-17(15)22-18(12)20)13-5-7-19(2,3)8-6-13/h5,9-11,20-21H,4,6-8H2,1-3H3. The highest BCUT2D eigenvalue weighted by Gasteiger charge is 2.22. The summed E-state index contributed by atoms with van der Waals surface area (Å²) in [5.41, 5.74) is 4.21. The summed E-state index contributed by atoms with van der Waals surface area (Å²) in [5, 5.41) is 19.0. The van der Waals surface area contributed by atoms with Gasteiger partial charge in [0.2, 0.25) is 5.55 Å². The average molecular weight is 297 g/mol. The molecular formula is C19H23NO2. The molecule has 0 unspecified atom stereocenters. The Balaban J connectivity index is 2.10. The Kier molecular flexibility index (Phi) is 3.59. The van der Waals surface area contributed by atoms with Gasteiger partial charge in [-0.15, -0.1) is 0 Å². The second-order valence-electron chi connectivity index (χ2n) is 6.96. The molecular weight excluding hydrogens is 274 g/mol. The predicted octanol–water partition coefficient (Wildman–Crippen LogP) is 4.77. The predicted molar refractivity (Wildman–Crippen MR) is 88.7 cm³/mol. The first-order valence-corrected chi connectivity index (χ1v) is 7.93. The van der Waals surface area contributed by atoms with Crippen molar-refractivity contribution >= 4 is 16.5 Å². The van der Waals surface area contributed by atoms with Crippen LogP contribution in [0, 0.1) is 10.8 Å². The molecule has 0 aliphatic heterocycles. The lowest BCUT2D eigenvalue weighted by atomic mass is 9.77. The van der Waals surface area contributed by atoms with E-state index in [2.05, 4.69) is 19.9 Å². The summed E-state index contributed by atoms with van der Waals surface area (Å²) >= 11 is 0. The van der Waals surface area contributed by atoms with E-state index in [9.17, 15) is 5.11 Å². The third-order valence-corrected chi connectivity index (χ3v) is 4.67. The summed E-state index contributed by atoms with van der Waals surface area (Å²) in [6.07, 6.45) is 6.20. The van der Waals surface area contributed by atoms with Crippen LogP contribution in [-0.2, 0) is 6.42 Å². The molecule has 3 nitrogen and oxygen atoms in total. The summed E-state index contributed by atoms with van der Waals surface area (Å²) in [6.45, 7) is 6.55. The average Bonchev–Trinajstić information content (AvgIpc) is 2.46. The van der Waals surface area contributed by atoms with E-state index in [0.717, 1.165) is 36.8 Å². The maximum atomic E-state index is 10.3. The van der Waals surface area contributed by atoms with Crippen LogP contribution in [0.4, 0.5) is 0 Å². The highest BCUT2D eigenvalue weighted by molar-refractivity contribution is 5.87. The molecule has 0 spiro atoms. The Morgan fingerprint density at radius 2 is 2.05 bits per heavy atom. The smallest absolute Gasteiger partial charge is 0.215 e. The number of aryl methyl sites for hydroxylation is 1. The number of hydrogen-bond donors (Lipinski definition) is 2. The van der Waals surface area contributed by atoms with Crippen molar-refractivity contribution in [2.75, 3.05) is 0 Å². The third-order valence-electron chi connectivity index (χ3n) is 4.67. The SMILES string of the molecule is CCc1cc2c(O)cc(C3=CCC(C)(C)CC3)cc2oc1=N. The quantitative estimate of drug-likeness (QED) is 0.838. The first kappa shape index (κ1) is 14.9. The molecule has 1 aliphatic rings. The molecule has 2 N–H and O–H groups in total. The Morgan fingerprint density at radius 3 is 2.68 bits per heavy atom. The van der Waals surface area contributed by atoms with Crippen LogP contribution < -0.4 is 5.55 Å². The molecule has 0 fully saturated rings. The summed E-state index contributed by atoms with van der Waals surface area (Å²) in [5.74, 6) is 0.233. The lowest BCUT2D eigenvalue weighted by Crippen LogP contribution is -2.14. The van der Waals surface area contributed by atoms with Gasteiger partial charge in [-0.25, -0.2) is 0 Å². The van der Waals surface area contributed by atoms with Gasteiger partial charge in [-0.05, 0) is 60.4 Å². The van der Waals surface area contributed by atoms with Gasteiger partial charge in [-0.1, -0.05) is 26.8 Å². The van der Waals surface area contributed by atoms with Crippen LogP contribution in [0.15, 0.2) is 28.7 Å². The molecule has 2 aromatic rings. The molecule has 116 valence electrons. The summed E-state index contributed by atoms with van der Waals surface area (Å²) in [7, 11) is 0. The van der Waals surface area contributed by atoms with Crippen molar-refractivity contribution in [3.63, 3.8) is 0 Å². The van der Waals surface area contributed by atoms with Gasteiger partial charge in [0, 0.05) is 5.56 Å². The van der Waals surface area contributed by atoms with Gasteiger partial charge in [0.05, 0.1) is 5.39 Å². The van der Waals surface area contributed by atoms with Crippen LogP contribution in [-0.4, -0.2) is 5.11 Å². The molecule has 1 heterocycles. The molecule has 1 aliphatic carbocycles. The van der Waals surface area contributed by atoms with Crippen molar-refractivity contribution in [3.8, 4) is 5.75 Å². The second-order valence-corrected chi connectivity index (χ2v) is 6.96. The monoisotopic (exact) mass is 297 g/mol. The van der Waals surface area contributed by atoms with E-state index in [1.54, 1.807) is 0 Å².